The largest absolute Gasteiger partial charge is 0.300 e. The maximum atomic E-state index is 10.2. The molecule has 0 N–H and O–H groups in total. The van der Waals surface area contributed by atoms with Crippen molar-refractivity contribution in [2.45, 2.75) is 26.7 Å². The second-order valence-corrected chi connectivity index (χ2v) is 3.15. The smallest absolute Gasteiger partial charge is 0.132 e. The van der Waals surface area contributed by atoms with Gasteiger partial charge in [-0.3, -0.25) is 4.79 Å². The van der Waals surface area contributed by atoms with Crippen molar-refractivity contribution < 1.29 is 4.79 Å². The Labute approximate surface area is 103 Å². The molecule has 1 aliphatic rings. The minimum Gasteiger partial charge on any atom is -0.300 e. The number of hydrogen-bond acceptors (Lipinski definition) is 1. The van der Waals surface area contributed by atoms with Crippen LogP contribution in [0, 0.1) is 65.6 Å². The van der Waals surface area contributed by atoms with Crippen LogP contribution in [0.25, 0.3) is 0 Å². The predicted octanol–water partition coefficient (Wildman–Crippen LogP) is 1.64. The molecule has 1 saturated carbocycles. The maximum absolute atomic E-state index is 10.2. The van der Waals surface area contributed by atoms with Gasteiger partial charge in [-0.15, -0.1) is 6.42 Å². The average molecular weight is 220 g/mol. The van der Waals surface area contributed by atoms with E-state index < -0.39 is 0 Å². The molecule has 0 aromatic carbocycles. The number of ketones is 1. The first-order valence-corrected chi connectivity index (χ1v) is 5.10. The second kappa shape index (κ2) is 10.0. The monoisotopic (exact) mass is 220 g/mol. The highest BCUT2D eigenvalue weighted by Crippen LogP contribution is 2.29. The van der Waals surface area contributed by atoms with E-state index in [-0.39, 0.29) is 0 Å². The number of carbonyl (C=O) groups excluding carboxylic acids is 1. The standard InChI is InChI=1S/C11H4.C5H8O/c1-3-5-7-9-11-10-8-6-4-2;1-4(6)5-2-3-5/h1H,2H3;5H,2-3H2,1H3. The fourth-order valence-corrected chi connectivity index (χ4v) is 0.745. The van der Waals surface area contributed by atoms with Crippen molar-refractivity contribution in [3.05, 3.63) is 0 Å². The Morgan fingerprint density at radius 3 is 1.76 bits per heavy atom. The minimum atomic E-state index is 0.370. The molecule has 1 aliphatic carbocycles. The van der Waals surface area contributed by atoms with E-state index in [0.717, 1.165) is 12.8 Å². The van der Waals surface area contributed by atoms with Crippen LogP contribution in [-0.4, -0.2) is 5.78 Å². The van der Waals surface area contributed by atoms with Crippen LogP contribution in [0.3, 0.4) is 0 Å². The molecule has 0 aromatic rings. The summed E-state index contributed by atoms with van der Waals surface area (Å²) in [5.41, 5.74) is 0. The first-order chi connectivity index (χ1) is 8.22. The van der Waals surface area contributed by atoms with E-state index in [1.165, 1.54) is 0 Å². The molecular weight excluding hydrogens is 208 g/mol. The molecule has 0 amide bonds. The van der Waals surface area contributed by atoms with Gasteiger partial charge in [-0.05, 0) is 74.1 Å². The van der Waals surface area contributed by atoms with Crippen LogP contribution in [-0.2, 0) is 4.79 Å². The molecule has 1 fully saturated rings. The molecule has 82 valence electrons. The van der Waals surface area contributed by atoms with Crippen molar-refractivity contribution in [3.8, 4) is 59.7 Å². The van der Waals surface area contributed by atoms with Crippen LogP contribution >= 0.6 is 0 Å². The zero-order chi connectivity index (χ0) is 12.9. The summed E-state index contributed by atoms with van der Waals surface area (Å²) in [4.78, 5) is 10.2. The van der Waals surface area contributed by atoms with Gasteiger partial charge in [0.05, 0.1) is 0 Å². The van der Waals surface area contributed by atoms with Crippen LogP contribution in [0.1, 0.15) is 26.7 Å². The van der Waals surface area contributed by atoms with Crippen LogP contribution < -0.4 is 0 Å². The SMILES string of the molecule is C#CC#CC#CC#CC#CC.CC(=O)C1CC1. The topological polar surface area (TPSA) is 17.1 Å². The van der Waals surface area contributed by atoms with Crippen LogP contribution in [0.5, 0.6) is 0 Å². The fraction of sp³-hybridized carbons (Fsp3) is 0.312. The number of rotatable bonds is 1. The molecule has 1 nitrogen and oxygen atoms in total. The van der Waals surface area contributed by atoms with Crippen molar-refractivity contribution >= 4 is 5.78 Å². The lowest BCUT2D eigenvalue weighted by molar-refractivity contribution is -0.118. The third kappa shape index (κ3) is 11.4. The number of hydrogen-bond donors (Lipinski definition) is 0. The van der Waals surface area contributed by atoms with Gasteiger partial charge >= 0.3 is 0 Å². The van der Waals surface area contributed by atoms with Crippen LogP contribution in [0.2, 0.25) is 0 Å². The normalized spacial score (nSPS) is 9.71. The van der Waals surface area contributed by atoms with Crippen molar-refractivity contribution in [2.24, 2.45) is 5.92 Å². The van der Waals surface area contributed by atoms with Gasteiger partial charge < -0.3 is 0 Å². The van der Waals surface area contributed by atoms with E-state index >= 15 is 0 Å². The molecular formula is C16H12O. The average Bonchev–Trinajstić information content (AvgIpc) is 3.13. The molecule has 0 aromatic heterocycles. The molecule has 0 aliphatic heterocycles. The van der Waals surface area contributed by atoms with Crippen LogP contribution in [0.4, 0.5) is 0 Å². The van der Waals surface area contributed by atoms with E-state index in [0.29, 0.717) is 11.7 Å². The van der Waals surface area contributed by atoms with E-state index in [1.807, 2.05) is 0 Å². The van der Waals surface area contributed by atoms with E-state index in [9.17, 15) is 4.79 Å². The van der Waals surface area contributed by atoms with E-state index in [4.69, 9.17) is 6.42 Å². The Bertz CT molecular complexity index is 538. The van der Waals surface area contributed by atoms with Gasteiger partial charge in [0.1, 0.15) is 5.78 Å². The molecule has 0 spiro atoms. The highest BCUT2D eigenvalue weighted by atomic mass is 16.1. The molecule has 1 heteroatoms. The van der Waals surface area contributed by atoms with Gasteiger partial charge in [-0.2, -0.15) is 0 Å². The third-order valence-electron chi connectivity index (χ3n) is 1.72. The quantitative estimate of drug-likeness (QED) is 0.614. The Kier molecular flexibility index (Phi) is 8.51. The third-order valence-corrected chi connectivity index (χ3v) is 1.72. The van der Waals surface area contributed by atoms with Gasteiger partial charge in [-0.25, -0.2) is 0 Å². The predicted molar refractivity (Wildman–Crippen MR) is 69.0 cm³/mol. The first kappa shape index (κ1) is 14.5. The van der Waals surface area contributed by atoms with Crippen molar-refractivity contribution in [1.29, 1.82) is 0 Å². The maximum Gasteiger partial charge on any atom is 0.132 e. The summed E-state index contributed by atoms with van der Waals surface area (Å²) in [7, 11) is 0. The lowest BCUT2D eigenvalue weighted by Crippen LogP contribution is -1.88. The zero-order valence-electron chi connectivity index (χ0n) is 9.98. The Morgan fingerprint density at radius 2 is 1.47 bits per heavy atom. The Hall–Kier alpha value is -2.53. The van der Waals surface area contributed by atoms with E-state index in [1.54, 1.807) is 13.8 Å². The summed E-state index contributed by atoms with van der Waals surface area (Å²) in [6.45, 7) is 3.37. The summed E-state index contributed by atoms with van der Waals surface area (Å²) in [5, 5.41) is 0. The first-order valence-electron chi connectivity index (χ1n) is 5.10. The van der Waals surface area contributed by atoms with Gasteiger partial charge in [0.25, 0.3) is 0 Å². The lowest BCUT2D eigenvalue weighted by Gasteiger charge is -1.75. The van der Waals surface area contributed by atoms with Crippen LogP contribution in [0.15, 0.2) is 0 Å². The molecule has 0 bridgehead atoms. The van der Waals surface area contributed by atoms with Crippen molar-refractivity contribution in [3.63, 3.8) is 0 Å². The summed E-state index contributed by atoms with van der Waals surface area (Å²) in [6, 6.07) is 0. The van der Waals surface area contributed by atoms with Gasteiger partial charge in [0.15, 0.2) is 0 Å². The fourth-order valence-electron chi connectivity index (χ4n) is 0.745. The van der Waals surface area contributed by atoms with Crippen molar-refractivity contribution in [2.75, 3.05) is 0 Å². The summed E-state index contributed by atoms with van der Waals surface area (Å²) in [6.07, 6.45) is 7.14. The second-order valence-electron chi connectivity index (χ2n) is 3.15. The summed E-state index contributed by atoms with van der Waals surface area (Å²) in [5.74, 6) is 22.8. The minimum absolute atomic E-state index is 0.370. The number of terminal acetylenes is 1. The summed E-state index contributed by atoms with van der Waals surface area (Å²) >= 11 is 0. The number of carbonyl (C=O) groups is 1. The van der Waals surface area contributed by atoms with E-state index in [2.05, 4.69) is 53.3 Å². The number of Topliss-reactive ketones (excluding diaryl/α,β-unsaturated/α-hetero) is 1. The highest BCUT2D eigenvalue weighted by Gasteiger charge is 2.25. The lowest BCUT2D eigenvalue weighted by atomic mass is 10.3. The Balaban J connectivity index is 0.000000354. The molecule has 0 saturated heterocycles. The zero-order valence-corrected chi connectivity index (χ0v) is 9.98. The van der Waals surface area contributed by atoms with Gasteiger partial charge in [0, 0.05) is 5.92 Å². The molecule has 17 heavy (non-hydrogen) atoms. The molecule has 0 atom stereocenters. The Morgan fingerprint density at radius 1 is 1.00 bits per heavy atom. The van der Waals surface area contributed by atoms with Gasteiger partial charge in [-0.1, -0.05) is 5.92 Å². The molecule has 0 heterocycles. The molecule has 1 rings (SSSR count). The molecule has 0 unspecified atom stereocenters. The van der Waals surface area contributed by atoms with Crippen molar-refractivity contribution in [1.82, 2.24) is 0 Å². The van der Waals surface area contributed by atoms with Gasteiger partial charge in [0.2, 0.25) is 0 Å². The molecule has 0 radical (unpaired) electrons. The highest BCUT2D eigenvalue weighted by molar-refractivity contribution is 5.80. The summed E-state index contributed by atoms with van der Waals surface area (Å²) < 4.78 is 0.